The molecule has 3 nitrogen and oxygen atoms in total. The molecule has 0 saturated heterocycles. The van der Waals surface area contributed by atoms with Crippen LogP contribution in [0.3, 0.4) is 0 Å². The Labute approximate surface area is 183 Å². The second-order valence-electron chi connectivity index (χ2n) is 7.95. The van der Waals surface area contributed by atoms with Crippen LogP contribution in [0, 0.1) is 0 Å². The number of hydrogen-bond donors (Lipinski definition) is 0. The Balaban J connectivity index is 1.58. The molecule has 0 radical (unpaired) electrons. The molecule has 0 atom stereocenters. The van der Waals surface area contributed by atoms with Gasteiger partial charge in [-0.3, -0.25) is 9.38 Å². The number of fused-ring (bicyclic) bond motifs is 12. The summed E-state index contributed by atoms with van der Waals surface area (Å²) in [5.41, 5.74) is 2.15. The SMILES string of the molecule is c1ccc2c(c1)sc1cc3c(cc12)sc1cc2c4ccncc4c4nccn4c2cc13. The van der Waals surface area contributed by atoms with Crippen molar-refractivity contribution in [1.29, 1.82) is 0 Å². The number of hydrogen-bond acceptors (Lipinski definition) is 4. The zero-order valence-electron chi connectivity index (χ0n) is 16.2. The Hall–Kier alpha value is -3.54. The summed E-state index contributed by atoms with van der Waals surface area (Å²) in [5, 5.41) is 8.90. The van der Waals surface area contributed by atoms with Gasteiger partial charge in [0.25, 0.3) is 0 Å². The van der Waals surface area contributed by atoms with Crippen LogP contribution in [0.2, 0.25) is 0 Å². The highest BCUT2D eigenvalue weighted by molar-refractivity contribution is 7.27. The molecule has 5 aromatic heterocycles. The predicted octanol–water partition coefficient (Wildman–Crippen LogP) is 7.77. The second-order valence-corrected chi connectivity index (χ2v) is 10.1. The molecule has 0 unspecified atom stereocenters. The van der Waals surface area contributed by atoms with Crippen molar-refractivity contribution in [2.24, 2.45) is 0 Å². The van der Waals surface area contributed by atoms with Crippen LogP contribution in [0.4, 0.5) is 0 Å². The molecule has 0 saturated carbocycles. The van der Waals surface area contributed by atoms with E-state index in [1.807, 2.05) is 41.3 Å². The van der Waals surface area contributed by atoms with Gasteiger partial charge in [-0.05, 0) is 41.8 Å². The lowest BCUT2D eigenvalue weighted by atomic mass is 10.0. The zero-order chi connectivity index (χ0) is 20.1. The molecule has 5 heteroatoms. The lowest BCUT2D eigenvalue weighted by Crippen LogP contribution is -1.90. The summed E-state index contributed by atoms with van der Waals surface area (Å²) >= 11 is 3.76. The minimum absolute atomic E-state index is 0.960. The van der Waals surface area contributed by atoms with Gasteiger partial charge in [0.15, 0.2) is 0 Å². The molecule has 0 bridgehead atoms. The zero-order valence-corrected chi connectivity index (χ0v) is 17.8. The molecule has 8 aromatic rings. The van der Waals surface area contributed by atoms with E-state index in [0.29, 0.717) is 0 Å². The van der Waals surface area contributed by atoms with Crippen molar-refractivity contribution in [2.45, 2.75) is 0 Å². The maximum atomic E-state index is 4.62. The fourth-order valence-electron chi connectivity index (χ4n) is 4.95. The van der Waals surface area contributed by atoms with E-state index >= 15 is 0 Å². The van der Waals surface area contributed by atoms with Crippen molar-refractivity contribution in [3.8, 4) is 0 Å². The third kappa shape index (κ3) is 2.02. The normalized spacial score (nSPS) is 12.5. The van der Waals surface area contributed by atoms with E-state index in [1.54, 1.807) is 0 Å². The topological polar surface area (TPSA) is 30.2 Å². The summed E-state index contributed by atoms with van der Waals surface area (Å²) in [6.07, 6.45) is 7.72. The van der Waals surface area contributed by atoms with E-state index in [-0.39, 0.29) is 0 Å². The molecular weight excluding hydrogens is 418 g/mol. The monoisotopic (exact) mass is 431 g/mol. The fourth-order valence-corrected chi connectivity index (χ4v) is 7.22. The molecule has 0 aliphatic heterocycles. The molecule has 0 N–H and O–H groups in total. The van der Waals surface area contributed by atoms with Gasteiger partial charge in [-0.15, -0.1) is 22.7 Å². The van der Waals surface area contributed by atoms with Gasteiger partial charge < -0.3 is 0 Å². The van der Waals surface area contributed by atoms with Crippen molar-refractivity contribution in [2.75, 3.05) is 0 Å². The Morgan fingerprint density at radius 3 is 2.26 bits per heavy atom. The molecule has 31 heavy (non-hydrogen) atoms. The van der Waals surface area contributed by atoms with Crippen LogP contribution in [-0.4, -0.2) is 14.4 Å². The van der Waals surface area contributed by atoms with Gasteiger partial charge in [-0.25, -0.2) is 4.98 Å². The molecule has 0 spiro atoms. The Bertz CT molecular complexity index is 2010. The molecular formula is C26H13N3S2. The largest absolute Gasteiger partial charge is 0.299 e. The highest BCUT2D eigenvalue weighted by Crippen LogP contribution is 2.43. The lowest BCUT2D eigenvalue weighted by molar-refractivity contribution is 1.27. The van der Waals surface area contributed by atoms with Gasteiger partial charge in [0.1, 0.15) is 5.65 Å². The standard InChI is InChI=1S/C26H13N3S2/c1-2-4-22-15(3-1)18-11-25-19(12-24(18)30-22)17-9-21-16(10-23(17)31-25)14-5-6-27-13-20(14)26-28-7-8-29(21)26/h1-13H. The summed E-state index contributed by atoms with van der Waals surface area (Å²) in [6, 6.07) is 20.3. The molecule has 0 amide bonds. The van der Waals surface area contributed by atoms with Gasteiger partial charge >= 0.3 is 0 Å². The maximum Gasteiger partial charge on any atom is 0.146 e. The molecule has 0 aliphatic carbocycles. The van der Waals surface area contributed by atoms with Crippen LogP contribution < -0.4 is 0 Å². The van der Waals surface area contributed by atoms with Crippen LogP contribution in [-0.2, 0) is 0 Å². The predicted molar refractivity (Wildman–Crippen MR) is 134 cm³/mol. The van der Waals surface area contributed by atoms with Crippen molar-refractivity contribution >= 4 is 90.3 Å². The molecule has 0 fully saturated rings. The first-order valence-electron chi connectivity index (χ1n) is 10.2. The van der Waals surface area contributed by atoms with E-state index in [0.717, 1.165) is 11.0 Å². The smallest absolute Gasteiger partial charge is 0.146 e. The third-order valence-corrected chi connectivity index (χ3v) is 8.59. The fraction of sp³-hybridized carbons (Fsp3) is 0. The molecule has 5 heterocycles. The molecule has 3 aromatic carbocycles. The highest BCUT2D eigenvalue weighted by atomic mass is 32.1. The van der Waals surface area contributed by atoms with Gasteiger partial charge in [0.2, 0.25) is 0 Å². The summed E-state index contributed by atoms with van der Waals surface area (Å²) in [6.45, 7) is 0. The molecule has 144 valence electrons. The van der Waals surface area contributed by atoms with Crippen molar-refractivity contribution < 1.29 is 0 Å². The van der Waals surface area contributed by atoms with Crippen LogP contribution >= 0.6 is 22.7 Å². The first-order chi connectivity index (χ1) is 15.3. The second kappa shape index (κ2) is 5.58. The van der Waals surface area contributed by atoms with Gasteiger partial charge in [0.05, 0.1) is 5.52 Å². The number of pyridine rings is 2. The van der Waals surface area contributed by atoms with E-state index in [2.05, 4.69) is 75.2 Å². The minimum Gasteiger partial charge on any atom is -0.299 e. The van der Waals surface area contributed by atoms with Crippen molar-refractivity contribution in [1.82, 2.24) is 14.4 Å². The van der Waals surface area contributed by atoms with Crippen molar-refractivity contribution in [3.05, 3.63) is 79.4 Å². The van der Waals surface area contributed by atoms with Crippen LogP contribution in [0.1, 0.15) is 0 Å². The van der Waals surface area contributed by atoms with Crippen LogP contribution in [0.15, 0.2) is 79.4 Å². The molecule has 0 aliphatic rings. The maximum absolute atomic E-state index is 4.62. The summed E-state index contributed by atoms with van der Waals surface area (Å²) < 4.78 is 7.56. The Morgan fingerprint density at radius 1 is 0.613 bits per heavy atom. The first kappa shape index (κ1) is 16.2. The number of rotatable bonds is 0. The number of imidazole rings is 1. The lowest BCUT2D eigenvalue weighted by Gasteiger charge is -2.08. The summed E-state index contributed by atoms with van der Waals surface area (Å²) in [7, 11) is 0. The number of nitrogens with zero attached hydrogens (tertiary/aromatic N) is 3. The Morgan fingerprint density at radius 2 is 1.35 bits per heavy atom. The van der Waals surface area contributed by atoms with Crippen LogP contribution in [0.5, 0.6) is 0 Å². The number of thiophene rings is 2. The van der Waals surface area contributed by atoms with E-state index in [9.17, 15) is 0 Å². The van der Waals surface area contributed by atoms with Crippen molar-refractivity contribution in [3.63, 3.8) is 0 Å². The van der Waals surface area contributed by atoms with E-state index < -0.39 is 0 Å². The average molecular weight is 432 g/mol. The number of aromatic nitrogens is 3. The van der Waals surface area contributed by atoms with Gasteiger partial charge in [-0.1, -0.05) is 18.2 Å². The van der Waals surface area contributed by atoms with Gasteiger partial charge in [0, 0.05) is 75.9 Å². The van der Waals surface area contributed by atoms with Gasteiger partial charge in [-0.2, -0.15) is 0 Å². The number of benzene rings is 3. The van der Waals surface area contributed by atoms with Crippen LogP contribution in [0.25, 0.3) is 67.7 Å². The third-order valence-electron chi connectivity index (χ3n) is 6.34. The first-order valence-corrected chi connectivity index (χ1v) is 11.8. The minimum atomic E-state index is 0.960. The molecule has 8 rings (SSSR count). The summed E-state index contributed by atoms with van der Waals surface area (Å²) in [4.78, 5) is 8.97. The van der Waals surface area contributed by atoms with E-state index in [1.165, 1.54) is 56.6 Å². The van der Waals surface area contributed by atoms with E-state index in [4.69, 9.17) is 0 Å². The highest BCUT2D eigenvalue weighted by Gasteiger charge is 2.15. The summed E-state index contributed by atoms with van der Waals surface area (Å²) in [5.74, 6) is 0. The average Bonchev–Trinajstić information content (AvgIpc) is 3.51. The quantitative estimate of drug-likeness (QED) is 0.230. The Kier molecular flexibility index (Phi) is 2.91.